The Kier molecular flexibility index (Phi) is 4.66. The van der Waals surface area contributed by atoms with E-state index in [1.54, 1.807) is 9.80 Å². The number of hydrogen-bond donors (Lipinski definition) is 1. The fourth-order valence-electron chi connectivity index (χ4n) is 3.44. The molecule has 2 atom stereocenters. The van der Waals surface area contributed by atoms with Crippen LogP contribution in [0.3, 0.4) is 0 Å². The van der Waals surface area contributed by atoms with E-state index in [1.807, 2.05) is 49.5 Å². The van der Waals surface area contributed by atoms with E-state index in [9.17, 15) is 14.7 Å². The average Bonchev–Trinajstić information content (AvgIpc) is 3.44. The van der Waals surface area contributed by atoms with Crippen LogP contribution in [0.5, 0.6) is 0 Å². The summed E-state index contributed by atoms with van der Waals surface area (Å²) in [6, 6.07) is 11.6. The highest BCUT2D eigenvalue weighted by Gasteiger charge is 2.44. The van der Waals surface area contributed by atoms with E-state index in [4.69, 9.17) is 0 Å². The van der Waals surface area contributed by atoms with Gasteiger partial charge in [0.25, 0.3) is 5.91 Å². The zero-order chi connectivity index (χ0) is 19.0. The lowest BCUT2D eigenvalue weighted by molar-refractivity contribution is -0.134. The lowest BCUT2D eigenvalue weighted by Crippen LogP contribution is -2.51. The van der Waals surface area contributed by atoms with E-state index in [2.05, 4.69) is 4.98 Å². The van der Waals surface area contributed by atoms with Crippen molar-refractivity contribution in [1.29, 1.82) is 0 Å². The van der Waals surface area contributed by atoms with Gasteiger partial charge in [-0.15, -0.1) is 0 Å². The van der Waals surface area contributed by atoms with Gasteiger partial charge in [0, 0.05) is 49.2 Å². The lowest BCUT2D eigenvalue weighted by Gasteiger charge is -2.35. The summed E-state index contributed by atoms with van der Waals surface area (Å²) in [5.41, 5.74) is 3.67. The van der Waals surface area contributed by atoms with Gasteiger partial charge in [0.2, 0.25) is 5.91 Å². The molecule has 2 aromatic rings. The molecule has 0 radical (unpaired) electrons. The monoisotopic (exact) mass is 365 g/mol. The first-order valence-corrected chi connectivity index (χ1v) is 9.32. The number of aromatic nitrogens is 1. The van der Waals surface area contributed by atoms with Crippen molar-refractivity contribution >= 4 is 11.8 Å². The molecule has 27 heavy (non-hydrogen) atoms. The molecule has 2 fully saturated rings. The van der Waals surface area contributed by atoms with Crippen LogP contribution in [0.15, 0.2) is 42.6 Å². The smallest absolute Gasteiger partial charge is 0.253 e. The van der Waals surface area contributed by atoms with E-state index in [0.29, 0.717) is 38.2 Å². The molecule has 6 nitrogen and oxygen atoms in total. The Balaban J connectivity index is 1.37. The van der Waals surface area contributed by atoms with E-state index in [1.165, 1.54) is 0 Å². The minimum Gasteiger partial charge on any atom is -0.392 e. The number of aliphatic hydroxyl groups excluding tert-OH is 1. The molecule has 6 heteroatoms. The number of piperazine rings is 1. The van der Waals surface area contributed by atoms with Crippen LogP contribution in [-0.2, 0) is 4.79 Å². The Morgan fingerprint density at radius 3 is 2.11 bits per heavy atom. The highest BCUT2D eigenvalue weighted by Crippen LogP contribution is 2.32. The predicted molar refractivity (Wildman–Crippen MR) is 101 cm³/mol. The molecular weight excluding hydrogens is 342 g/mol. The molecule has 1 aromatic carbocycles. The Bertz CT molecular complexity index is 840. The summed E-state index contributed by atoms with van der Waals surface area (Å²) in [6.07, 6.45) is 1.93. The molecule has 4 rings (SSSR count). The molecule has 1 saturated carbocycles. The van der Waals surface area contributed by atoms with Gasteiger partial charge < -0.3 is 14.9 Å². The number of hydrogen-bond acceptors (Lipinski definition) is 4. The van der Waals surface area contributed by atoms with Gasteiger partial charge in [0.15, 0.2) is 0 Å². The first-order valence-electron chi connectivity index (χ1n) is 9.32. The Hall–Kier alpha value is -2.73. The minimum absolute atomic E-state index is 0.0119. The van der Waals surface area contributed by atoms with Crippen molar-refractivity contribution in [2.75, 3.05) is 26.2 Å². The number of benzene rings is 1. The number of carbonyl (C=O) groups is 2. The number of rotatable bonds is 3. The summed E-state index contributed by atoms with van der Waals surface area (Å²) in [5.74, 6) is -0.219. The zero-order valence-corrected chi connectivity index (χ0v) is 15.3. The van der Waals surface area contributed by atoms with E-state index in [0.717, 1.165) is 16.8 Å². The fourth-order valence-corrected chi connectivity index (χ4v) is 3.44. The van der Waals surface area contributed by atoms with Crippen LogP contribution in [0.1, 0.15) is 22.5 Å². The van der Waals surface area contributed by atoms with Crippen molar-refractivity contribution in [2.45, 2.75) is 19.4 Å². The summed E-state index contributed by atoms with van der Waals surface area (Å²) < 4.78 is 0. The summed E-state index contributed by atoms with van der Waals surface area (Å²) in [6.45, 7) is 4.06. The minimum atomic E-state index is -0.473. The van der Waals surface area contributed by atoms with E-state index < -0.39 is 6.10 Å². The summed E-state index contributed by atoms with van der Waals surface area (Å²) in [4.78, 5) is 32.8. The van der Waals surface area contributed by atoms with E-state index in [-0.39, 0.29) is 17.7 Å². The standard InChI is InChI=1S/C21H23N3O3/c1-14-2-3-17(13-22-14)15-4-6-16(7-5-15)20(26)23-8-10-24(11-9-23)21(27)18-12-19(18)25/h2-7,13,18-19,25H,8-12H2,1H3. The molecule has 2 aliphatic rings. The Morgan fingerprint density at radius 2 is 1.56 bits per heavy atom. The highest BCUT2D eigenvalue weighted by atomic mass is 16.3. The van der Waals surface area contributed by atoms with Gasteiger partial charge in [-0.05, 0) is 37.1 Å². The zero-order valence-electron chi connectivity index (χ0n) is 15.3. The maximum atomic E-state index is 12.7. The summed E-state index contributed by atoms with van der Waals surface area (Å²) in [5, 5.41) is 9.42. The van der Waals surface area contributed by atoms with Gasteiger partial charge in [-0.25, -0.2) is 0 Å². The second-order valence-electron chi connectivity index (χ2n) is 7.29. The van der Waals surface area contributed by atoms with Crippen molar-refractivity contribution in [1.82, 2.24) is 14.8 Å². The van der Waals surface area contributed by atoms with Gasteiger partial charge in [-0.1, -0.05) is 18.2 Å². The van der Waals surface area contributed by atoms with Gasteiger partial charge in [-0.2, -0.15) is 0 Å². The first-order chi connectivity index (χ1) is 13.0. The Morgan fingerprint density at radius 1 is 0.963 bits per heavy atom. The molecule has 1 aliphatic heterocycles. The number of carbonyl (C=O) groups excluding carboxylic acids is 2. The average molecular weight is 365 g/mol. The summed E-state index contributed by atoms with van der Waals surface area (Å²) >= 11 is 0. The normalized spacial score (nSPS) is 21.9. The number of amides is 2. The number of aliphatic hydroxyl groups is 1. The molecular formula is C21H23N3O3. The van der Waals surface area contributed by atoms with Crippen LogP contribution in [-0.4, -0.2) is 64.0 Å². The maximum absolute atomic E-state index is 12.7. The van der Waals surface area contributed by atoms with Crippen LogP contribution in [0.25, 0.3) is 11.1 Å². The first kappa shape index (κ1) is 17.7. The number of nitrogens with zero attached hydrogens (tertiary/aromatic N) is 3. The van der Waals surface area contributed by atoms with Gasteiger partial charge in [0.1, 0.15) is 0 Å². The lowest BCUT2D eigenvalue weighted by atomic mass is 10.0. The second kappa shape index (κ2) is 7.12. The molecule has 1 saturated heterocycles. The molecule has 2 amide bonds. The molecule has 1 aliphatic carbocycles. The third-order valence-corrected chi connectivity index (χ3v) is 5.33. The number of pyridine rings is 1. The van der Waals surface area contributed by atoms with Gasteiger partial charge in [0.05, 0.1) is 12.0 Å². The van der Waals surface area contributed by atoms with Crippen LogP contribution >= 0.6 is 0 Å². The molecule has 0 bridgehead atoms. The van der Waals surface area contributed by atoms with Crippen molar-refractivity contribution in [3.8, 4) is 11.1 Å². The molecule has 1 N–H and O–H groups in total. The molecule has 0 spiro atoms. The van der Waals surface area contributed by atoms with Crippen LogP contribution in [0.4, 0.5) is 0 Å². The van der Waals surface area contributed by atoms with Crippen molar-refractivity contribution in [3.63, 3.8) is 0 Å². The number of aryl methyl sites for hydroxylation is 1. The molecule has 2 unspecified atom stereocenters. The van der Waals surface area contributed by atoms with Gasteiger partial charge in [-0.3, -0.25) is 14.6 Å². The molecule has 140 valence electrons. The van der Waals surface area contributed by atoms with Crippen LogP contribution < -0.4 is 0 Å². The van der Waals surface area contributed by atoms with Crippen LogP contribution in [0, 0.1) is 12.8 Å². The SMILES string of the molecule is Cc1ccc(-c2ccc(C(=O)N3CCN(C(=O)C4CC4O)CC3)cc2)cn1. The van der Waals surface area contributed by atoms with Crippen molar-refractivity contribution < 1.29 is 14.7 Å². The predicted octanol–water partition coefficient (Wildman–Crippen LogP) is 1.72. The third kappa shape index (κ3) is 3.71. The maximum Gasteiger partial charge on any atom is 0.253 e. The quantitative estimate of drug-likeness (QED) is 0.899. The highest BCUT2D eigenvalue weighted by molar-refractivity contribution is 5.95. The Labute approximate surface area is 158 Å². The van der Waals surface area contributed by atoms with Crippen LogP contribution in [0.2, 0.25) is 0 Å². The fraction of sp³-hybridized carbons (Fsp3) is 0.381. The topological polar surface area (TPSA) is 73.7 Å². The molecule has 1 aromatic heterocycles. The largest absolute Gasteiger partial charge is 0.392 e. The van der Waals surface area contributed by atoms with Gasteiger partial charge >= 0.3 is 0 Å². The molecule has 2 heterocycles. The van der Waals surface area contributed by atoms with Crippen molar-refractivity contribution in [3.05, 3.63) is 53.9 Å². The summed E-state index contributed by atoms with van der Waals surface area (Å²) in [7, 11) is 0. The third-order valence-electron chi connectivity index (χ3n) is 5.33. The van der Waals surface area contributed by atoms with E-state index >= 15 is 0 Å². The second-order valence-corrected chi connectivity index (χ2v) is 7.29. The van der Waals surface area contributed by atoms with Crippen molar-refractivity contribution in [2.24, 2.45) is 5.92 Å².